The first-order chi connectivity index (χ1) is 24.3. The number of anilines is 4. The third-order valence-corrected chi connectivity index (χ3v) is 9.86. The lowest BCUT2D eigenvalue weighted by Gasteiger charge is -2.35. The van der Waals surface area contributed by atoms with Crippen LogP contribution in [0.25, 0.3) is 33.0 Å². The molecule has 2 aliphatic carbocycles. The van der Waals surface area contributed by atoms with Crippen LogP contribution < -0.4 is 14.5 Å². The predicted octanol–water partition coefficient (Wildman–Crippen LogP) is 12.3. The molecule has 0 bridgehead atoms. The third-order valence-electron chi connectivity index (χ3n) is 9.86. The highest BCUT2D eigenvalue weighted by atomic mass is 16.5. The Balaban J connectivity index is 1.17. The van der Waals surface area contributed by atoms with Crippen molar-refractivity contribution in [2.45, 2.75) is 24.9 Å². The molecular formula is C46H36N2O. The monoisotopic (exact) mass is 632 g/mol. The van der Waals surface area contributed by atoms with Crippen LogP contribution in [0.3, 0.4) is 0 Å². The average molecular weight is 633 g/mol. The van der Waals surface area contributed by atoms with Crippen LogP contribution in [0.15, 0.2) is 182 Å². The van der Waals surface area contributed by atoms with E-state index in [4.69, 9.17) is 4.74 Å². The van der Waals surface area contributed by atoms with E-state index in [-0.39, 0.29) is 12.1 Å². The van der Waals surface area contributed by atoms with Gasteiger partial charge in [-0.1, -0.05) is 127 Å². The summed E-state index contributed by atoms with van der Waals surface area (Å²) in [7, 11) is 0. The molecule has 6 aromatic rings. The molecule has 3 nitrogen and oxygen atoms in total. The Morgan fingerprint density at radius 2 is 1.10 bits per heavy atom. The fourth-order valence-corrected chi connectivity index (χ4v) is 7.56. The highest BCUT2D eigenvalue weighted by molar-refractivity contribution is 6.10. The van der Waals surface area contributed by atoms with Gasteiger partial charge >= 0.3 is 0 Å². The van der Waals surface area contributed by atoms with E-state index in [0.29, 0.717) is 0 Å². The number of nitrogens with zero attached hydrogens (tertiary/aromatic N) is 2. The van der Waals surface area contributed by atoms with Crippen molar-refractivity contribution in [1.82, 2.24) is 0 Å². The second-order valence-electron chi connectivity index (χ2n) is 12.8. The number of rotatable bonds is 7. The Kier molecular flexibility index (Phi) is 7.44. The Bertz CT molecular complexity index is 2260. The van der Waals surface area contributed by atoms with Gasteiger partial charge < -0.3 is 14.5 Å². The van der Waals surface area contributed by atoms with Crippen molar-refractivity contribution in [1.29, 1.82) is 0 Å². The minimum atomic E-state index is 0.185. The minimum Gasteiger partial charge on any atom is -0.456 e. The Morgan fingerprint density at radius 3 is 1.82 bits per heavy atom. The van der Waals surface area contributed by atoms with Gasteiger partial charge in [0.15, 0.2) is 0 Å². The molecular weight excluding hydrogens is 597 g/mol. The van der Waals surface area contributed by atoms with Crippen LogP contribution in [0.5, 0.6) is 11.5 Å². The summed E-state index contributed by atoms with van der Waals surface area (Å²) in [5, 5.41) is 2.33. The van der Waals surface area contributed by atoms with Gasteiger partial charge in [-0.15, -0.1) is 0 Å². The van der Waals surface area contributed by atoms with Crippen LogP contribution in [0.4, 0.5) is 22.7 Å². The van der Waals surface area contributed by atoms with Gasteiger partial charge in [-0.2, -0.15) is 0 Å². The summed E-state index contributed by atoms with van der Waals surface area (Å²) < 4.78 is 6.70. The maximum Gasteiger partial charge on any atom is 0.136 e. The smallest absolute Gasteiger partial charge is 0.136 e. The van der Waals surface area contributed by atoms with Gasteiger partial charge in [0.05, 0.1) is 12.1 Å². The molecule has 0 saturated heterocycles. The SMILES string of the molecule is C1=CCC(N(c2ccccc2)c2ccc3c(c2)-c2cccc4c(N(c5ccc(-c6ccccc6)cc5)C5C=CC=CC5)ccc(c24)O3)C=C1. The van der Waals surface area contributed by atoms with Crippen LogP contribution >= 0.6 is 0 Å². The number of para-hydroxylation sites is 1. The third kappa shape index (κ3) is 5.34. The van der Waals surface area contributed by atoms with Crippen LogP contribution in [-0.4, -0.2) is 12.1 Å². The number of hydrogen-bond donors (Lipinski definition) is 0. The molecule has 236 valence electrons. The van der Waals surface area contributed by atoms with Crippen molar-refractivity contribution in [2.75, 3.05) is 9.80 Å². The molecule has 1 heterocycles. The molecule has 49 heavy (non-hydrogen) atoms. The zero-order valence-electron chi connectivity index (χ0n) is 27.2. The summed E-state index contributed by atoms with van der Waals surface area (Å²) in [6.07, 6.45) is 19.6. The largest absolute Gasteiger partial charge is 0.456 e. The van der Waals surface area contributed by atoms with E-state index >= 15 is 0 Å². The maximum atomic E-state index is 6.70. The van der Waals surface area contributed by atoms with Crippen molar-refractivity contribution in [3.8, 4) is 33.8 Å². The van der Waals surface area contributed by atoms with Gasteiger partial charge in [0.1, 0.15) is 11.5 Å². The second-order valence-corrected chi connectivity index (χ2v) is 12.8. The second kappa shape index (κ2) is 12.5. The molecule has 9 rings (SSSR count). The highest BCUT2D eigenvalue weighted by Gasteiger charge is 2.27. The van der Waals surface area contributed by atoms with E-state index in [9.17, 15) is 0 Å². The summed E-state index contributed by atoms with van der Waals surface area (Å²) in [6.45, 7) is 0. The van der Waals surface area contributed by atoms with Crippen LogP contribution in [0, 0.1) is 0 Å². The van der Waals surface area contributed by atoms with Gasteiger partial charge in [0.2, 0.25) is 0 Å². The fourth-order valence-electron chi connectivity index (χ4n) is 7.56. The highest BCUT2D eigenvalue weighted by Crippen LogP contribution is 2.51. The van der Waals surface area contributed by atoms with E-state index in [1.165, 1.54) is 33.5 Å². The first-order valence-electron chi connectivity index (χ1n) is 17.2. The summed E-state index contributed by atoms with van der Waals surface area (Å²) in [6, 6.07) is 48.4. The van der Waals surface area contributed by atoms with Crippen LogP contribution in [0.1, 0.15) is 12.8 Å². The van der Waals surface area contributed by atoms with E-state index in [0.717, 1.165) is 46.7 Å². The fraction of sp³-hybridized carbons (Fsp3) is 0.0870. The lowest BCUT2D eigenvalue weighted by atomic mass is 9.92. The Morgan fingerprint density at radius 1 is 0.469 bits per heavy atom. The van der Waals surface area contributed by atoms with E-state index < -0.39 is 0 Å². The van der Waals surface area contributed by atoms with Gasteiger partial charge in [-0.05, 0) is 84.1 Å². The quantitative estimate of drug-likeness (QED) is 0.174. The molecule has 0 fully saturated rings. The lowest BCUT2D eigenvalue weighted by molar-refractivity contribution is 0.487. The number of fused-ring (bicyclic) bond motifs is 2. The molecule has 0 amide bonds. The average Bonchev–Trinajstić information content (AvgIpc) is 3.18. The number of ether oxygens (including phenoxy) is 1. The number of hydrogen-bond acceptors (Lipinski definition) is 3. The summed E-state index contributed by atoms with van der Waals surface area (Å²) in [5.41, 5.74) is 9.41. The normalized spacial score (nSPS) is 17.1. The van der Waals surface area contributed by atoms with Gasteiger partial charge in [-0.25, -0.2) is 0 Å². The molecule has 0 aromatic heterocycles. The Hall–Kier alpha value is -6.06. The first-order valence-corrected chi connectivity index (χ1v) is 17.2. The van der Waals surface area contributed by atoms with Crippen molar-refractivity contribution < 1.29 is 4.74 Å². The van der Waals surface area contributed by atoms with Crippen LogP contribution in [-0.2, 0) is 0 Å². The van der Waals surface area contributed by atoms with Crippen LogP contribution in [0.2, 0.25) is 0 Å². The summed E-state index contributed by atoms with van der Waals surface area (Å²) >= 11 is 0. The summed E-state index contributed by atoms with van der Waals surface area (Å²) in [5.74, 6) is 1.78. The molecule has 2 unspecified atom stereocenters. The van der Waals surface area contributed by atoms with Gasteiger partial charge in [-0.3, -0.25) is 0 Å². The van der Waals surface area contributed by atoms with Crippen molar-refractivity contribution >= 4 is 33.5 Å². The standard InChI is InChI=1S/C46H36N2O/c1-5-14-33(15-6-1)34-24-26-38(27-25-34)48(37-20-11-4-12-21-37)43-29-31-45-46-40(22-13-23-41(43)46)42-32-39(28-30-44(42)49-45)47(35-16-7-2-8-17-35)36-18-9-3-10-19-36/h1-18,20,22-32,36-37H,19,21H2. The molecule has 3 heteroatoms. The summed E-state index contributed by atoms with van der Waals surface area (Å²) in [4.78, 5) is 4.93. The molecule has 2 atom stereocenters. The molecule has 0 N–H and O–H groups in total. The van der Waals surface area contributed by atoms with Crippen molar-refractivity contribution in [3.05, 3.63) is 182 Å². The zero-order chi connectivity index (χ0) is 32.6. The molecule has 0 spiro atoms. The zero-order valence-corrected chi connectivity index (χ0v) is 27.2. The molecule has 1 aliphatic heterocycles. The van der Waals surface area contributed by atoms with E-state index in [2.05, 4.69) is 192 Å². The first kappa shape index (κ1) is 29.1. The molecule has 0 saturated carbocycles. The van der Waals surface area contributed by atoms with E-state index in [1.807, 2.05) is 0 Å². The van der Waals surface area contributed by atoms with Crippen molar-refractivity contribution in [3.63, 3.8) is 0 Å². The number of benzene rings is 6. The molecule has 6 aromatic carbocycles. The topological polar surface area (TPSA) is 15.7 Å². The maximum absolute atomic E-state index is 6.70. The minimum absolute atomic E-state index is 0.185. The predicted molar refractivity (Wildman–Crippen MR) is 205 cm³/mol. The molecule has 0 radical (unpaired) electrons. The number of allylic oxidation sites excluding steroid dienone is 4. The van der Waals surface area contributed by atoms with E-state index in [1.54, 1.807) is 0 Å². The Labute approximate surface area is 288 Å². The molecule has 3 aliphatic rings. The van der Waals surface area contributed by atoms with Crippen molar-refractivity contribution in [2.24, 2.45) is 0 Å². The lowest BCUT2D eigenvalue weighted by Crippen LogP contribution is -2.30. The van der Waals surface area contributed by atoms with Gasteiger partial charge in [0, 0.05) is 39.1 Å². The van der Waals surface area contributed by atoms with Gasteiger partial charge in [0.25, 0.3) is 0 Å².